The molecule has 0 aromatic heterocycles. The standard InChI is InChI=1S/C19H22FN3S/c1-22-11-12-23(18(14-22)16-5-3-2-4-6-16)19(24)21-13-15-7-9-17(20)10-8-15/h2-10,18H,11-14H2,1H3,(H,21,24)/t18-/m0/s1. The van der Waals surface area contributed by atoms with E-state index in [1.807, 2.05) is 6.07 Å². The zero-order chi connectivity index (χ0) is 16.9. The molecule has 1 aliphatic rings. The summed E-state index contributed by atoms with van der Waals surface area (Å²) in [5, 5.41) is 4.07. The minimum atomic E-state index is -0.218. The van der Waals surface area contributed by atoms with Gasteiger partial charge in [0, 0.05) is 26.2 Å². The van der Waals surface area contributed by atoms with Crippen molar-refractivity contribution >= 4 is 17.3 Å². The van der Waals surface area contributed by atoms with Gasteiger partial charge in [-0.05, 0) is 42.5 Å². The van der Waals surface area contributed by atoms with Crippen molar-refractivity contribution in [3.05, 3.63) is 71.5 Å². The number of halogens is 1. The highest BCUT2D eigenvalue weighted by Crippen LogP contribution is 2.24. The minimum Gasteiger partial charge on any atom is -0.358 e. The summed E-state index contributed by atoms with van der Waals surface area (Å²) in [4.78, 5) is 4.59. The Bertz CT molecular complexity index is 675. The molecule has 1 aliphatic heterocycles. The van der Waals surface area contributed by atoms with Crippen LogP contribution in [0.5, 0.6) is 0 Å². The number of benzene rings is 2. The first-order valence-electron chi connectivity index (χ1n) is 8.16. The van der Waals surface area contributed by atoms with Crippen LogP contribution in [0, 0.1) is 5.82 Å². The Morgan fingerprint density at radius 3 is 2.54 bits per heavy atom. The summed E-state index contributed by atoms with van der Waals surface area (Å²) in [5.74, 6) is -0.218. The van der Waals surface area contributed by atoms with Crippen molar-refractivity contribution in [2.75, 3.05) is 26.7 Å². The highest BCUT2D eigenvalue weighted by molar-refractivity contribution is 7.80. The molecule has 0 saturated carbocycles. The summed E-state index contributed by atoms with van der Waals surface area (Å²) in [6.07, 6.45) is 0. The average Bonchev–Trinajstić information content (AvgIpc) is 2.61. The number of nitrogens with one attached hydrogen (secondary N) is 1. The summed E-state index contributed by atoms with van der Waals surface area (Å²) in [6.45, 7) is 3.43. The lowest BCUT2D eigenvalue weighted by Gasteiger charge is -2.41. The van der Waals surface area contributed by atoms with E-state index in [0.717, 1.165) is 30.3 Å². The molecule has 3 nitrogen and oxygen atoms in total. The molecule has 0 bridgehead atoms. The third kappa shape index (κ3) is 4.10. The third-order valence-electron chi connectivity index (χ3n) is 4.39. The first-order valence-corrected chi connectivity index (χ1v) is 8.57. The normalized spacial score (nSPS) is 18.4. The third-order valence-corrected chi connectivity index (χ3v) is 4.76. The topological polar surface area (TPSA) is 18.5 Å². The van der Waals surface area contributed by atoms with Gasteiger partial charge in [0.2, 0.25) is 0 Å². The van der Waals surface area contributed by atoms with Gasteiger partial charge < -0.3 is 15.1 Å². The first kappa shape index (κ1) is 16.9. The SMILES string of the molecule is CN1CCN(C(=S)NCc2ccc(F)cc2)[C@H](c2ccccc2)C1. The van der Waals surface area contributed by atoms with E-state index in [9.17, 15) is 4.39 Å². The molecule has 1 atom stereocenters. The van der Waals surface area contributed by atoms with Gasteiger partial charge in [0.15, 0.2) is 5.11 Å². The Balaban J connectivity index is 1.68. The maximum absolute atomic E-state index is 13.0. The van der Waals surface area contributed by atoms with Crippen molar-refractivity contribution in [1.29, 1.82) is 0 Å². The molecular formula is C19H22FN3S. The Hall–Kier alpha value is -1.98. The molecule has 0 spiro atoms. The van der Waals surface area contributed by atoms with Crippen LogP contribution in [0.3, 0.4) is 0 Å². The number of rotatable bonds is 3. The molecule has 5 heteroatoms. The minimum absolute atomic E-state index is 0.218. The van der Waals surface area contributed by atoms with Crippen LogP contribution in [0.15, 0.2) is 54.6 Å². The zero-order valence-corrected chi connectivity index (χ0v) is 14.6. The molecule has 2 aromatic carbocycles. The Kier molecular flexibility index (Phi) is 5.43. The molecule has 0 aliphatic carbocycles. The number of likely N-dealkylation sites (N-methyl/N-ethyl adjacent to an activating group) is 1. The summed E-state index contributed by atoms with van der Waals surface area (Å²) in [7, 11) is 2.14. The van der Waals surface area contributed by atoms with E-state index in [2.05, 4.69) is 46.4 Å². The van der Waals surface area contributed by atoms with Crippen LogP contribution in [0.1, 0.15) is 17.2 Å². The van der Waals surface area contributed by atoms with Crippen LogP contribution >= 0.6 is 12.2 Å². The molecule has 0 radical (unpaired) electrons. The van der Waals surface area contributed by atoms with Crippen LogP contribution in [0.2, 0.25) is 0 Å². The maximum atomic E-state index is 13.0. The predicted octanol–water partition coefficient (Wildman–Crippen LogP) is 3.19. The van der Waals surface area contributed by atoms with Crippen molar-refractivity contribution in [3.8, 4) is 0 Å². The Labute approximate surface area is 148 Å². The molecule has 2 aromatic rings. The van der Waals surface area contributed by atoms with E-state index in [-0.39, 0.29) is 11.9 Å². The van der Waals surface area contributed by atoms with Crippen LogP contribution < -0.4 is 5.32 Å². The molecule has 0 amide bonds. The van der Waals surface area contributed by atoms with E-state index in [1.165, 1.54) is 17.7 Å². The summed E-state index contributed by atoms with van der Waals surface area (Å²) in [6, 6.07) is 17.2. The molecule has 0 unspecified atom stereocenters. The number of hydrogen-bond donors (Lipinski definition) is 1. The largest absolute Gasteiger partial charge is 0.358 e. The fraction of sp³-hybridized carbons (Fsp3) is 0.316. The van der Waals surface area contributed by atoms with Gasteiger partial charge in [-0.15, -0.1) is 0 Å². The predicted molar refractivity (Wildman–Crippen MR) is 99.2 cm³/mol. The van der Waals surface area contributed by atoms with Gasteiger partial charge in [-0.25, -0.2) is 4.39 Å². The van der Waals surface area contributed by atoms with E-state index in [1.54, 1.807) is 12.1 Å². The van der Waals surface area contributed by atoms with Gasteiger partial charge in [-0.2, -0.15) is 0 Å². The van der Waals surface area contributed by atoms with Crippen molar-refractivity contribution in [2.45, 2.75) is 12.6 Å². The van der Waals surface area contributed by atoms with E-state index in [0.29, 0.717) is 6.54 Å². The molecule has 1 heterocycles. The number of hydrogen-bond acceptors (Lipinski definition) is 2. The molecular weight excluding hydrogens is 321 g/mol. The van der Waals surface area contributed by atoms with Gasteiger partial charge in [-0.3, -0.25) is 0 Å². The van der Waals surface area contributed by atoms with Crippen molar-refractivity contribution in [1.82, 2.24) is 15.1 Å². The van der Waals surface area contributed by atoms with Gasteiger partial charge in [0.1, 0.15) is 5.82 Å². The fourth-order valence-electron chi connectivity index (χ4n) is 3.00. The van der Waals surface area contributed by atoms with Crippen LogP contribution in [0.25, 0.3) is 0 Å². The summed E-state index contributed by atoms with van der Waals surface area (Å²) in [5.41, 5.74) is 2.29. The van der Waals surface area contributed by atoms with E-state index in [4.69, 9.17) is 12.2 Å². The highest BCUT2D eigenvalue weighted by atomic mass is 32.1. The lowest BCUT2D eigenvalue weighted by Crippen LogP contribution is -2.52. The van der Waals surface area contributed by atoms with Crippen molar-refractivity contribution < 1.29 is 4.39 Å². The fourth-order valence-corrected chi connectivity index (χ4v) is 3.30. The van der Waals surface area contributed by atoms with Gasteiger partial charge in [-0.1, -0.05) is 42.5 Å². The Morgan fingerprint density at radius 1 is 1.12 bits per heavy atom. The van der Waals surface area contributed by atoms with E-state index < -0.39 is 0 Å². The number of nitrogens with zero attached hydrogens (tertiary/aromatic N) is 2. The number of thiocarbonyl (C=S) groups is 1. The summed E-state index contributed by atoms with van der Waals surface area (Å²) < 4.78 is 13.0. The molecule has 1 fully saturated rings. The highest BCUT2D eigenvalue weighted by Gasteiger charge is 2.28. The number of piperazine rings is 1. The van der Waals surface area contributed by atoms with Crippen molar-refractivity contribution in [3.63, 3.8) is 0 Å². The second kappa shape index (κ2) is 7.73. The van der Waals surface area contributed by atoms with Crippen LogP contribution in [-0.2, 0) is 6.54 Å². The monoisotopic (exact) mass is 343 g/mol. The molecule has 3 rings (SSSR count). The van der Waals surface area contributed by atoms with Gasteiger partial charge in [0.25, 0.3) is 0 Å². The van der Waals surface area contributed by atoms with Crippen LogP contribution in [-0.4, -0.2) is 41.6 Å². The molecule has 126 valence electrons. The van der Waals surface area contributed by atoms with E-state index >= 15 is 0 Å². The second-order valence-corrected chi connectivity index (χ2v) is 6.55. The van der Waals surface area contributed by atoms with Gasteiger partial charge in [0.05, 0.1) is 6.04 Å². The average molecular weight is 343 g/mol. The summed E-state index contributed by atoms with van der Waals surface area (Å²) >= 11 is 5.64. The molecule has 1 saturated heterocycles. The Morgan fingerprint density at radius 2 is 1.83 bits per heavy atom. The lowest BCUT2D eigenvalue weighted by molar-refractivity contribution is 0.150. The van der Waals surface area contributed by atoms with Crippen molar-refractivity contribution in [2.24, 2.45) is 0 Å². The molecule has 1 N–H and O–H groups in total. The maximum Gasteiger partial charge on any atom is 0.169 e. The lowest BCUT2D eigenvalue weighted by atomic mass is 10.0. The smallest absolute Gasteiger partial charge is 0.169 e. The quantitative estimate of drug-likeness (QED) is 0.863. The zero-order valence-electron chi connectivity index (χ0n) is 13.8. The second-order valence-electron chi connectivity index (χ2n) is 6.17. The van der Waals surface area contributed by atoms with Crippen LogP contribution in [0.4, 0.5) is 4.39 Å². The molecule has 24 heavy (non-hydrogen) atoms. The van der Waals surface area contributed by atoms with Gasteiger partial charge >= 0.3 is 0 Å². The first-order chi connectivity index (χ1) is 11.6.